The molecule has 1 aromatic rings. The van der Waals surface area contributed by atoms with Crippen molar-refractivity contribution in [2.45, 2.75) is 25.7 Å². The predicted octanol–water partition coefficient (Wildman–Crippen LogP) is 2.63. The van der Waals surface area contributed by atoms with E-state index in [4.69, 9.17) is 22.7 Å². The summed E-state index contributed by atoms with van der Waals surface area (Å²) in [6.45, 7) is 4.37. The Balaban J connectivity index is 1.40. The smallest absolute Gasteiger partial charge is 0.119 e. The first-order chi connectivity index (χ1) is 10.2. The standard InChI is InChI=1S/C17H24N2OS/c18-17(21)10-13-4-6-16(7-5-13)20-9-8-19-11-14-2-1-3-15(14)12-19/h4-7,14-15H,1-3,8-12H2,(H2,18,21). The van der Waals surface area contributed by atoms with Crippen LogP contribution in [0.4, 0.5) is 0 Å². The van der Waals surface area contributed by atoms with Crippen molar-refractivity contribution in [2.24, 2.45) is 17.6 Å². The summed E-state index contributed by atoms with van der Waals surface area (Å²) in [7, 11) is 0. The van der Waals surface area contributed by atoms with Crippen LogP contribution < -0.4 is 10.5 Å². The first-order valence-corrected chi connectivity index (χ1v) is 8.34. The summed E-state index contributed by atoms with van der Waals surface area (Å²) < 4.78 is 5.84. The molecule has 0 aromatic heterocycles. The molecule has 1 heterocycles. The molecule has 3 nitrogen and oxygen atoms in total. The van der Waals surface area contributed by atoms with Crippen molar-refractivity contribution in [2.75, 3.05) is 26.2 Å². The molecular weight excluding hydrogens is 280 g/mol. The molecule has 2 aliphatic rings. The minimum absolute atomic E-state index is 0.531. The van der Waals surface area contributed by atoms with Crippen LogP contribution in [0.1, 0.15) is 24.8 Å². The lowest BCUT2D eigenvalue weighted by molar-refractivity contribution is 0.227. The van der Waals surface area contributed by atoms with Gasteiger partial charge in [-0.1, -0.05) is 30.8 Å². The van der Waals surface area contributed by atoms with Crippen molar-refractivity contribution in [1.82, 2.24) is 4.90 Å². The summed E-state index contributed by atoms with van der Waals surface area (Å²) in [5.74, 6) is 2.86. The molecule has 3 rings (SSSR count). The average molecular weight is 304 g/mol. The molecule has 2 fully saturated rings. The van der Waals surface area contributed by atoms with Crippen LogP contribution >= 0.6 is 12.2 Å². The van der Waals surface area contributed by atoms with E-state index in [-0.39, 0.29) is 0 Å². The molecule has 1 saturated carbocycles. The number of thiocarbonyl (C=S) groups is 1. The van der Waals surface area contributed by atoms with E-state index in [0.717, 1.165) is 36.3 Å². The first-order valence-electron chi connectivity index (χ1n) is 7.93. The fraction of sp³-hybridized carbons (Fsp3) is 0.588. The first kappa shape index (κ1) is 14.8. The Hall–Kier alpha value is -1.13. The number of benzene rings is 1. The molecule has 2 N–H and O–H groups in total. The lowest BCUT2D eigenvalue weighted by Gasteiger charge is -2.17. The van der Waals surface area contributed by atoms with Crippen LogP contribution in [0.25, 0.3) is 0 Å². The molecule has 21 heavy (non-hydrogen) atoms. The van der Waals surface area contributed by atoms with Crippen LogP contribution in [0.3, 0.4) is 0 Å². The Morgan fingerprint density at radius 2 is 1.86 bits per heavy atom. The van der Waals surface area contributed by atoms with Gasteiger partial charge in [0.15, 0.2) is 0 Å². The molecule has 1 saturated heterocycles. The third-order valence-corrected chi connectivity index (χ3v) is 4.92. The van der Waals surface area contributed by atoms with Crippen LogP contribution in [0.2, 0.25) is 0 Å². The molecule has 0 radical (unpaired) electrons. The maximum Gasteiger partial charge on any atom is 0.119 e. The second kappa shape index (κ2) is 6.75. The largest absolute Gasteiger partial charge is 0.492 e. The van der Waals surface area contributed by atoms with Crippen molar-refractivity contribution >= 4 is 17.2 Å². The second-order valence-corrected chi connectivity index (χ2v) is 6.87. The summed E-state index contributed by atoms with van der Waals surface area (Å²) in [5.41, 5.74) is 6.69. The van der Waals surface area contributed by atoms with Gasteiger partial charge in [0.05, 0.1) is 4.99 Å². The average Bonchev–Trinajstić information content (AvgIpc) is 3.01. The van der Waals surface area contributed by atoms with E-state index >= 15 is 0 Å². The van der Waals surface area contributed by atoms with Crippen molar-refractivity contribution in [3.05, 3.63) is 29.8 Å². The van der Waals surface area contributed by atoms with Gasteiger partial charge in [-0.3, -0.25) is 4.90 Å². The lowest BCUT2D eigenvalue weighted by atomic mass is 10.0. The van der Waals surface area contributed by atoms with Gasteiger partial charge in [-0.05, 0) is 42.4 Å². The van der Waals surface area contributed by atoms with Gasteiger partial charge >= 0.3 is 0 Å². The van der Waals surface area contributed by atoms with Gasteiger partial charge in [0.25, 0.3) is 0 Å². The van der Waals surface area contributed by atoms with E-state index in [0.29, 0.717) is 11.4 Å². The highest BCUT2D eigenvalue weighted by atomic mass is 32.1. The normalized spacial score (nSPS) is 25.0. The van der Waals surface area contributed by atoms with Crippen LogP contribution in [-0.2, 0) is 6.42 Å². The van der Waals surface area contributed by atoms with Gasteiger partial charge in [-0.2, -0.15) is 0 Å². The molecule has 114 valence electrons. The van der Waals surface area contributed by atoms with Gasteiger partial charge in [0, 0.05) is 26.1 Å². The number of nitrogens with zero attached hydrogens (tertiary/aromatic N) is 1. The second-order valence-electron chi connectivity index (χ2n) is 6.35. The number of fused-ring (bicyclic) bond motifs is 1. The molecule has 1 aliphatic heterocycles. The highest BCUT2D eigenvalue weighted by Crippen LogP contribution is 2.37. The van der Waals surface area contributed by atoms with Crippen LogP contribution in [-0.4, -0.2) is 36.1 Å². The molecule has 0 spiro atoms. The lowest BCUT2D eigenvalue weighted by Crippen LogP contribution is -2.27. The molecule has 4 heteroatoms. The maximum atomic E-state index is 5.84. The number of ether oxygens (including phenoxy) is 1. The molecule has 2 atom stereocenters. The summed E-state index contributed by atoms with van der Waals surface area (Å²) >= 11 is 4.92. The van der Waals surface area contributed by atoms with Crippen molar-refractivity contribution in [1.29, 1.82) is 0 Å². The zero-order valence-corrected chi connectivity index (χ0v) is 13.3. The monoisotopic (exact) mass is 304 g/mol. The summed E-state index contributed by atoms with van der Waals surface area (Å²) in [6.07, 6.45) is 4.98. The Bertz CT molecular complexity index is 476. The molecule has 0 amide bonds. The zero-order chi connectivity index (χ0) is 14.7. The Labute approximate surface area is 132 Å². The molecule has 1 aromatic carbocycles. The highest BCUT2D eigenvalue weighted by Gasteiger charge is 2.35. The van der Waals surface area contributed by atoms with E-state index in [9.17, 15) is 0 Å². The van der Waals surface area contributed by atoms with Gasteiger partial charge in [0.2, 0.25) is 0 Å². The van der Waals surface area contributed by atoms with Gasteiger partial charge in [-0.25, -0.2) is 0 Å². The number of hydrogen-bond acceptors (Lipinski definition) is 3. The Morgan fingerprint density at radius 3 is 2.48 bits per heavy atom. The number of rotatable bonds is 6. The van der Waals surface area contributed by atoms with Crippen LogP contribution in [0.15, 0.2) is 24.3 Å². The van der Waals surface area contributed by atoms with Crippen molar-refractivity contribution in [3.63, 3.8) is 0 Å². The molecule has 0 bridgehead atoms. The number of nitrogens with two attached hydrogens (primary N) is 1. The quantitative estimate of drug-likeness (QED) is 0.820. The van der Waals surface area contributed by atoms with Crippen molar-refractivity contribution < 1.29 is 4.74 Å². The highest BCUT2D eigenvalue weighted by molar-refractivity contribution is 7.80. The summed E-state index contributed by atoms with van der Waals surface area (Å²) in [6, 6.07) is 8.09. The van der Waals surface area contributed by atoms with Gasteiger partial charge in [0.1, 0.15) is 12.4 Å². The fourth-order valence-electron chi connectivity index (χ4n) is 3.71. The third kappa shape index (κ3) is 3.95. The molecule has 1 aliphatic carbocycles. The number of hydrogen-bond donors (Lipinski definition) is 1. The maximum absolute atomic E-state index is 5.84. The topological polar surface area (TPSA) is 38.5 Å². The van der Waals surface area contributed by atoms with E-state index in [1.165, 1.54) is 32.4 Å². The zero-order valence-electron chi connectivity index (χ0n) is 12.5. The third-order valence-electron chi connectivity index (χ3n) is 4.78. The van der Waals surface area contributed by atoms with E-state index in [2.05, 4.69) is 4.90 Å². The summed E-state index contributed by atoms with van der Waals surface area (Å²) in [5, 5.41) is 0. The molecule has 2 unspecified atom stereocenters. The van der Waals surface area contributed by atoms with E-state index in [1.807, 2.05) is 24.3 Å². The van der Waals surface area contributed by atoms with Gasteiger partial charge in [-0.15, -0.1) is 0 Å². The van der Waals surface area contributed by atoms with E-state index < -0.39 is 0 Å². The van der Waals surface area contributed by atoms with Gasteiger partial charge < -0.3 is 10.5 Å². The minimum Gasteiger partial charge on any atom is -0.492 e. The van der Waals surface area contributed by atoms with E-state index in [1.54, 1.807) is 0 Å². The van der Waals surface area contributed by atoms with Crippen molar-refractivity contribution in [3.8, 4) is 5.75 Å². The van der Waals surface area contributed by atoms with Crippen LogP contribution in [0.5, 0.6) is 5.75 Å². The predicted molar refractivity (Wildman–Crippen MR) is 89.7 cm³/mol. The molecular formula is C17H24N2OS. The number of likely N-dealkylation sites (tertiary alicyclic amines) is 1. The summed E-state index contributed by atoms with van der Waals surface area (Å²) in [4.78, 5) is 3.10. The SMILES string of the molecule is NC(=S)Cc1ccc(OCCN2CC3CCCC3C2)cc1. The Morgan fingerprint density at radius 1 is 1.19 bits per heavy atom. The minimum atomic E-state index is 0.531. The Kier molecular flexibility index (Phi) is 4.76. The van der Waals surface area contributed by atoms with Crippen LogP contribution in [0, 0.1) is 11.8 Å². The fourth-order valence-corrected chi connectivity index (χ4v) is 3.88.